The number of aryl methyl sites for hydroxylation is 2. The third-order valence-corrected chi connectivity index (χ3v) is 4.61. The van der Waals surface area contributed by atoms with E-state index in [4.69, 9.17) is 4.42 Å². The van der Waals surface area contributed by atoms with Crippen molar-refractivity contribution in [3.63, 3.8) is 0 Å². The Bertz CT molecular complexity index is 677. The van der Waals surface area contributed by atoms with Crippen molar-refractivity contribution in [1.82, 2.24) is 4.72 Å². The molecule has 0 aliphatic carbocycles. The molecule has 1 atom stereocenters. The Morgan fingerprint density at radius 1 is 1.30 bits per heavy atom. The molecule has 0 amide bonds. The predicted molar refractivity (Wildman–Crippen MR) is 74.8 cm³/mol. The Balaban J connectivity index is 2.33. The van der Waals surface area contributed by atoms with Crippen molar-refractivity contribution >= 4 is 10.0 Å². The zero-order chi connectivity index (χ0) is 14.8. The van der Waals surface area contributed by atoms with Crippen LogP contribution in [0.4, 0.5) is 0 Å². The molecule has 2 N–H and O–H groups in total. The van der Waals surface area contributed by atoms with Gasteiger partial charge in [0.05, 0.1) is 17.8 Å². The van der Waals surface area contributed by atoms with E-state index in [1.165, 1.54) is 6.26 Å². The number of furan rings is 1. The van der Waals surface area contributed by atoms with Crippen LogP contribution in [0.5, 0.6) is 0 Å². The van der Waals surface area contributed by atoms with Gasteiger partial charge in [0.15, 0.2) is 0 Å². The van der Waals surface area contributed by atoms with Crippen LogP contribution in [0.15, 0.2) is 45.9 Å². The van der Waals surface area contributed by atoms with E-state index < -0.39 is 16.1 Å². The van der Waals surface area contributed by atoms with Crippen molar-refractivity contribution in [3.05, 3.63) is 53.5 Å². The van der Waals surface area contributed by atoms with Gasteiger partial charge in [-0.05, 0) is 43.2 Å². The molecule has 6 heteroatoms. The fourth-order valence-electron chi connectivity index (χ4n) is 1.92. The lowest BCUT2D eigenvalue weighted by Gasteiger charge is -2.15. The first-order valence-electron chi connectivity index (χ1n) is 6.18. The van der Waals surface area contributed by atoms with Gasteiger partial charge in [-0.25, -0.2) is 8.42 Å². The highest BCUT2D eigenvalue weighted by Crippen LogP contribution is 2.20. The van der Waals surface area contributed by atoms with Crippen molar-refractivity contribution in [3.8, 4) is 0 Å². The number of aliphatic hydroxyl groups is 1. The van der Waals surface area contributed by atoms with E-state index in [2.05, 4.69) is 4.72 Å². The number of aliphatic hydroxyl groups excluding tert-OH is 1. The summed E-state index contributed by atoms with van der Waals surface area (Å²) in [4.78, 5) is 0.211. The van der Waals surface area contributed by atoms with Crippen LogP contribution in [0, 0.1) is 13.8 Å². The van der Waals surface area contributed by atoms with Gasteiger partial charge in [0, 0.05) is 0 Å². The quantitative estimate of drug-likeness (QED) is 0.883. The van der Waals surface area contributed by atoms with Crippen LogP contribution in [-0.4, -0.2) is 20.1 Å². The molecular formula is C14H17NO4S. The molecule has 20 heavy (non-hydrogen) atoms. The zero-order valence-electron chi connectivity index (χ0n) is 11.3. The van der Waals surface area contributed by atoms with Gasteiger partial charge in [0.2, 0.25) is 10.0 Å². The van der Waals surface area contributed by atoms with E-state index >= 15 is 0 Å². The SMILES string of the molecule is Cc1ccc(C)c(S(=O)(=O)NC(CO)c2ccco2)c1. The Kier molecular flexibility index (Phi) is 4.27. The van der Waals surface area contributed by atoms with Gasteiger partial charge in [-0.15, -0.1) is 0 Å². The lowest BCUT2D eigenvalue weighted by Crippen LogP contribution is -2.31. The minimum Gasteiger partial charge on any atom is -0.468 e. The molecule has 2 aromatic rings. The number of sulfonamides is 1. The summed E-state index contributed by atoms with van der Waals surface area (Å²) < 4.78 is 32.4. The smallest absolute Gasteiger partial charge is 0.241 e. The molecule has 5 nitrogen and oxygen atoms in total. The monoisotopic (exact) mass is 295 g/mol. The highest BCUT2D eigenvalue weighted by atomic mass is 32.2. The molecule has 0 saturated heterocycles. The number of nitrogens with one attached hydrogen (secondary N) is 1. The van der Waals surface area contributed by atoms with Crippen molar-refractivity contribution in [1.29, 1.82) is 0 Å². The maximum atomic E-state index is 12.4. The second-order valence-electron chi connectivity index (χ2n) is 4.64. The summed E-state index contributed by atoms with van der Waals surface area (Å²) in [5.74, 6) is 0.376. The topological polar surface area (TPSA) is 79.5 Å². The summed E-state index contributed by atoms with van der Waals surface area (Å²) in [6.07, 6.45) is 1.43. The molecule has 0 aliphatic heterocycles. The molecule has 1 aromatic heterocycles. The summed E-state index contributed by atoms with van der Waals surface area (Å²) in [7, 11) is -3.72. The van der Waals surface area contributed by atoms with Crippen molar-refractivity contribution in [2.24, 2.45) is 0 Å². The van der Waals surface area contributed by atoms with E-state index in [0.29, 0.717) is 11.3 Å². The summed E-state index contributed by atoms with van der Waals surface area (Å²) >= 11 is 0. The van der Waals surface area contributed by atoms with Gasteiger partial charge in [0.25, 0.3) is 0 Å². The zero-order valence-corrected chi connectivity index (χ0v) is 12.1. The van der Waals surface area contributed by atoms with Crippen LogP contribution in [0.2, 0.25) is 0 Å². The Morgan fingerprint density at radius 3 is 2.65 bits per heavy atom. The first-order valence-corrected chi connectivity index (χ1v) is 7.66. The number of hydrogen-bond donors (Lipinski definition) is 2. The van der Waals surface area contributed by atoms with Gasteiger partial charge in [0.1, 0.15) is 11.8 Å². The highest BCUT2D eigenvalue weighted by molar-refractivity contribution is 7.89. The van der Waals surface area contributed by atoms with Crippen molar-refractivity contribution in [2.45, 2.75) is 24.8 Å². The van der Waals surface area contributed by atoms with Crippen LogP contribution in [0.25, 0.3) is 0 Å². The maximum absolute atomic E-state index is 12.4. The van der Waals surface area contributed by atoms with Crippen LogP contribution in [0.1, 0.15) is 22.9 Å². The van der Waals surface area contributed by atoms with E-state index in [-0.39, 0.29) is 11.5 Å². The fourth-order valence-corrected chi connectivity index (χ4v) is 3.45. The number of hydrogen-bond acceptors (Lipinski definition) is 4. The standard InChI is InChI=1S/C14H17NO4S/c1-10-5-6-11(2)14(8-10)20(17,18)15-12(9-16)13-4-3-7-19-13/h3-8,12,15-16H,9H2,1-2H3. The number of rotatable bonds is 5. The van der Waals surface area contributed by atoms with E-state index in [1.807, 2.05) is 13.0 Å². The highest BCUT2D eigenvalue weighted by Gasteiger charge is 2.24. The number of benzene rings is 1. The third kappa shape index (κ3) is 3.09. The largest absolute Gasteiger partial charge is 0.468 e. The molecule has 0 bridgehead atoms. The van der Waals surface area contributed by atoms with Gasteiger partial charge < -0.3 is 9.52 Å². The summed E-state index contributed by atoms with van der Waals surface area (Å²) in [5.41, 5.74) is 1.51. The van der Waals surface area contributed by atoms with Gasteiger partial charge >= 0.3 is 0 Å². The van der Waals surface area contributed by atoms with Crippen LogP contribution in [-0.2, 0) is 10.0 Å². The Labute approximate surface area is 118 Å². The fraction of sp³-hybridized carbons (Fsp3) is 0.286. The lowest BCUT2D eigenvalue weighted by molar-refractivity contribution is 0.242. The second-order valence-corrected chi connectivity index (χ2v) is 6.32. The maximum Gasteiger partial charge on any atom is 0.241 e. The van der Waals surface area contributed by atoms with Gasteiger partial charge in [-0.3, -0.25) is 0 Å². The minimum absolute atomic E-state index is 0.211. The Hall–Kier alpha value is -1.63. The van der Waals surface area contributed by atoms with Gasteiger partial charge in [-0.1, -0.05) is 12.1 Å². The molecule has 1 aromatic carbocycles. The summed E-state index contributed by atoms with van der Waals surface area (Å²) in [6, 6.07) is 7.68. The van der Waals surface area contributed by atoms with E-state index in [1.54, 1.807) is 31.2 Å². The molecule has 108 valence electrons. The van der Waals surface area contributed by atoms with Gasteiger partial charge in [-0.2, -0.15) is 4.72 Å². The second kappa shape index (κ2) is 5.78. The van der Waals surface area contributed by atoms with Crippen LogP contribution in [0.3, 0.4) is 0 Å². The minimum atomic E-state index is -3.72. The molecule has 0 spiro atoms. The molecule has 0 saturated carbocycles. The van der Waals surface area contributed by atoms with Crippen molar-refractivity contribution < 1.29 is 17.9 Å². The van der Waals surface area contributed by atoms with Crippen LogP contribution >= 0.6 is 0 Å². The third-order valence-electron chi connectivity index (χ3n) is 3.00. The molecule has 1 unspecified atom stereocenters. The summed E-state index contributed by atoms with van der Waals surface area (Å²) in [6.45, 7) is 3.18. The molecule has 1 heterocycles. The molecule has 0 aliphatic rings. The molecular weight excluding hydrogens is 278 g/mol. The average Bonchev–Trinajstić information content (AvgIpc) is 2.92. The predicted octanol–water partition coefficient (Wildman–Crippen LogP) is 1.91. The molecule has 2 rings (SSSR count). The lowest BCUT2D eigenvalue weighted by atomic mass is 10.2. The first-order chi connectivity index (χ1) is 9.44. The Morgan fingerprint density at radius 2 is 2.05 bits per heavy atom. The normalized spacial score (nSPS) is 13.3. The first kappa shape index (κ1) is 14.8. The van der Waals surface area contributed by atoms with E-state index in [0.717, 1.165) is 5.56 Å². The average molecular weight is 295 g/mol. The van der Waals surface area contributed by atoms with Crippen molar-refractivity contribution in [2.75, 3.05) is 6.61 Å². The van der Waals surface area contributed by atoms with E-state index in [9.17, 15) is 13.5 Å². The molecule has 0 radical (unpaired) electrons. The van der Waals surface area contributed by atoms with Crippen LogP contribution < -0.4 is 4.72 Å². The molecule has 0 fully saturated rings. The summed E-state index contributed by atoms with van der Waals surface area (Å²) in [5, 5.41) is 9.35.